The van der Waals surface area contributed by atoms with Gasteiger partial charge in [0.25, 0.3) is 0 Å². The first kappa shape index (κ1) is 14.7. The van der Waals surface area contributed by atoms with Crippen LogP contribution in [0.3, 0.4) is 0 Å². The number of carbonyl (C=O) groups excluding carboxylic acids is 1. The average molecular weight is 222 g/mol. The van der Waals surface area contributed by atoms with Gasteiger partial charge in [-0.15, -0.1) is 0 Å². The molecule has 0 aliphatic carbocycles. The topological polar surface area (TPSA) is 26.3 Å². The molecule has 2 heteroatoms. The van der Waals surface area contributed by atoms with Crippen LogP contribution in [0.15, 0.2) is 36.6 Å². The van der Waals surface area contributed by atoms with Crippen LogP contribution in [0.25, 0.3) is 0 Å². The summed E-state index contributed by atoms with van der Waals surface area (Å²) in [5.74, 6) is -0.345. The smallest absolute Gasteiger partial charge is 0.342 e. The first-order valence-electron chi connectivity index (χ1n) is 5.91. The van der Waals surface area contributed by atoms with Gasteiger partial charge in [0.15, 0.2) is 0 Å². The van der Waals surface area contributed by atoms with Crippen molar-refractivity contribution in [1.82, 2.24) is 0 Å². The van der Waals surface area contributed by atoms with Crippen molar-refractivity contribution in [3.8, 4) is 0 Å². The Kier molecular flexibility index (Phi) is 9.38. The first-order valence-corrected chi connectivity index (χ1v) is 5.91. The van der Waals surface area contributed by atoms with E-state index in [4.69, 9.17) is 4.74 Å². The number of carbonyl (C=O) groups is 1. The van der Waals surface area contributed by atoms with Gasteiger partial charge in [-0.3, -0.25) is 0 Å². The zero-order valence-corrected chi connectivity index (χ0v) is 10.4. The van der Waals surface area contributed by atoms with Gasteiger partial charge in [0.05, 0.1) is 11.8 Å². The van der Waals surface area contributed by atoms with Gasteiger partial charge < -0.3 is 4.74 Å². The molecular weight excluding hydrogens is 200 g/mol. The lowest BCUT2D eigenvalue weighted by Gasteiger charge is -1.99. The maximum absolute atomic E-state index is 11.3. The van der Waals surface area contributed by atoms with E-state index in [1.807, 2.05) is 19.1 Å². The lowest BCUT2D eigenvalue weighted by molar-refractivity contribution is -0.133. The van der Waals surface area contributed by atoms with Crippen molar-refractivity contribution in [3.63, 3.8) is 0 Å². The molecule has 0 saturated heterocycles. The molecule has 0 aliphatic rings. The zero-order chi connectivity index (χ0) is 12.2. The molecule has 0 bridgehead atoms. The predicted octanol–water partition coefficient (Wildman–Crippen LogP) is 4.15. The highest BCUT2D eigenvalue weighted by Crippen LogP contribution is 2.06. The molecule has 0 aromatic heterocycles. The molecule has 90 valence electrons. The van der Waals surface area contributed by atoms with Gasteiger partial charge in [0, 0.05) is 0 Å². The Hall–Kier alpha value is -1.31. The van der Waals surface area contributed by atoms with E-state index >= 15 is 0 Å². The molecule has 2 nitrogen and oxygen atoms in total. The molecular formula is C14H22O2. The van der Waals surface area contributed by atoms with Gasteiger partial charge in [0.2, 0.25) is 0 Å². The van der Waals surface area contributed by atoms with E-state index in [1.54, 1.807) is 6.08 Å². The summed E-state index contributed by atoms with van der Waals surface area (Å²) in [4.78, 5) is 11.3. The molecule has 0 fully saturated rings. The van der Waals surface area contributed by atoms with E-state index in [9.17, 15) is 4.79 Å². The molecule has 0 aliphatic heterocycles. The minimum Gasteiger partial charge on any atom is -0.432 e. The van der Waals surface area contributed by atoms with Gasteiger partial charge in [0.1, 0.15) is 0 Å². The van der Waals surface area contributed by atoms with Crippen LogP contribution in [0, 0.1) is 0 Å². The van der Waals surface area contributed by atoms with Crippen molar-refractivity contribution in [3.05, 3.63) is 36.6 Å². The highest BCUT2D eigenvalue weighted by molar-refractivity contribution is 5.91. The summed E-state index contributed by atoms with van der Waals surface area (Å²) in [6.07, 6.45) is 12.7. The summed E-state index contributed by atoms with van der Waals surface area (Å²) in [6, 6.07) is 0. The maximum Gasteiger partial charge on any atom is 0.342 e. The van der Waals surface area contributed by atoms with Gasteiger partial charge in [-0.2, -0.15) is 0 Å². The molecule has 0 heterocycles. The first-order chi connectivity index (χ1) is 7.76. The Balaban J connectivity index is 3.89. The number of esters is 1. The monoisotopic (exact) mass is 222 g/mol. The average Bonchev–Trinajstić information content (AvgIpc) is 2.28. The summed E-state index contributed by atoms with van der Waals surface area (Å²) in [5, 5.41) is 0. The number of ether oxygens (including phenoxy) is 1. The Morgan fingerprint density at radius 1 is 1.31 bits per heavy atom. The second kappa shape index (κ2) is 10.2. The molecule has 0 atom stereocenters. The summed E-state index contributed by atoms with van der Waals surface area (Å²) in [6.45, 7) is 7.37. The molecule has 0 spiro atoms. The number of rotatable bonds is 8. The molecule has 16 heavy (non-hydrogen) atoms. The molecule has 0 aromatic rings. The molecule has 0 rings (SSSR count). The van der Waals surface area contributed by atoms with Crippen molar-refractivity contribution in [2.75, 3.05) is 0 Å². The summed E-state index contributed by atoms with van der Waals surface area (Å²) < 4.78 is 4.70. The van der Waals surface area contributed by atoms with Crippen LogP contribution in [0.1, 0.15) is 46.0 Å². The number of unbranched alkanes of at least 4 members (excludes halogenated alkanes) is 4. The third-order valence-corrected chi connectivity index (χ3v) is 2.26. The normalized spacial score (nSPS) is 11.8. The predicted molar refractivity (Wildman–Crippen MR) is 67.9 cm³/mol. The fraction of sp³-hybridized carbons (Fsp3) is 0.500. The van der Waals surface area contributed by atoms with Crippen molar-refractivity contribution >= 4 is 5.97 Å². The van der Waals surface area contributed by atoms with Gasteiger partial charge in [-0.05, 0) is 19.8 Å². The Bertz CT molecular complexity index is 262. The van der Waals surface area contributed by atoms with Crippen molar-refractivity contribution in [2.24, 2.45) is 0 Å². The van der Waals surface area contributed by atoms with Crippen LogP contribution in [0.5, 0.6) is 0 Å². The van der Waals surface area contributed by atoms with Crippen LogP contribution >= 0.6 is 0 Å². The van der Waals surface area contributed by atoms with Gasteiger partial charge in [-0.25, -0.2) is 4.79 Å². The van der Waals surface area contributed by atoms with E-state index in [-0.39, 0.29) is 5.97 Å². The lowest BCUT2D eigenvalue weighted by Crippen LogP contribution is -2.01. The third kappa shape index (κ3) is 7.04. The number of hydrogen-bond acceptors (Lipinski definition) is 2. The maximum atomic E-state index is 11.3. The van der Waals surface area contributed by atoms with E-state index < -0.39 is 0 Å². The van der Waals surface area contributed by atoms with Gasteiger partial charge >= 0.3 is 5.97 Å². The van der Waals surface area contributed by atoms with Gasteiger partial charge in [-0.1, -0.05) is 51.0 Å². The Morgan fingerprint density at radius 2 is 2.06 bits per heavy atom. The van der Waals surface area contributed by atoms with E-state index in [2.05, 4.69) is 13.5 Å². The minimum atomic E-state index is -0.345. The second-order valence-corrected chi connectivity index (χ2v) is 3.57. The quantitative estimate of drug-likeness (QED) is 0.203. The molecule has 0 N–H and O–H groups in total. The second-order valence-electron chi connectivity index (χ2n) is 3.57. The van der Waals surface area contributed by atoms with Crippen LogP contribution in [0.2, 0.25) is 0 Å². The van der Waals surface area contributed by atoms with E-state index in [1.165, 1.54) is 25.7 Å². The third-order valence-electron chi connectivity index (χ3n) is 2.26. The minimum absolute atomic E-state index is 0.345. The number of hydrogen-bond donors (Lipinski definition) is 0. The van der Waals surface area contributed by atoms with Crippen molar-refractivity contribution in [1.29, 1.82) is 0 Å². The largest absolute Gasteiger partial charge is 0.432 e. The van der Waals surface area contributed by atoms with Crippen LogP contribution in [-0.2, 0) is 9.53 Å². The van der Waals surface area contributed by atoms with E-state index in [0.717, 1.165) is 12.7 Å². The zero-order valence-electron chi connectivity index (χ0n) is 10.4. The van der Waals surface area contributed by atoms with Crippen LogP contribution in [0.4, 0.5) is 0 Å². The van der Waals surface area contributed by atoms with Crippen LogP contribution in [-0.4, -0.2) is 5.97 Å². The van der Waals surface area contributed by atoms with Crippen molar-refractivity contribution in [2.45, 2.75) is 46.0 Å². The van der Waals surface area contributed by atoms with Crippen molar-refractivity contribution < 1.29 is 9.53 Å². The fourth-order valence-electron chi connectivity index (χ4n) is 1.33. The standard InChI is InChI=1S/C14H22O2/c1-4-7-8-9-10-11-12-13(5-2)14(15)16-6-3/h5-6,11-12H,3-4,7-10H2,1-2H3. The highest BCUT2D eigenvalue weighted by atomic mass is 16.5. The molecule has 0 amide bonds. The molecule has 0 saturated carbocycles. The molecule has 0 radical (unpaired) electrons. The molecule has 0 aromatic carbocycles. The Labute approximate surface area is 98.7 Å². The SMILES string of the molecule is C=COC(=O)C(C=CCCCCCC)=CC. The lowest BCUT2D eigenvalue weighted by atomic mass is 10.1. The highest BCUT2D eigenvalue weighted by Gasteiger charge is 2.03. The van der Waals surface area contributed by atoms with Crippen LogP contribution < -0.4 is 0 Å². The summed E-state index contributed by atoms with van der Waals surface area (Å²) in [7, 11) is 0. The molecule has 0 unspecified atom stereocenters. The summed E-state index contributed by atoms with van der Waals surface area (Å²) in [5.41, 5.74) is 0.579. The van der Waals surface area contributed by atoms with E-state index in [0.29, 0.717) is 5.57 Å². The Morgan fingerprint density at radius 3 is 2.62 bits per heavy atom. The number of allylic oxidation sites excluding steroid dienone is 2. The fourth-order valence-corrected chi connectivity index (χ4v) is 1.33. The summed E-state index contributed by atoms with van der Waals surface area (Å²) >= 11 is 0.